The molecule has 5 rings (SSSR count). The zero-order valence-electron chi connectivity index (χ0n) is 19.4. The predicted octanol–water partition coefficient (Wildman–Crippen LogP) is 6.26. The fraction of sp³-hybridized carbons (Fsp3) is 0.357. The fourth-order valence-electron chi connectivity index (χ4n) is 5.42. The molecular weight excluding hydrogens is 444 g/mol. The number of hydrogen-bond acceptors (Lipinski definition) is 4. The zero-order valence-corrected chi connectivity index (χ0v) is 20.2. The third-order valence-corrected chi connectivity index (χ3v) is 8.02. The van der Waals surface area contributed by atoms with Crippen LogP contribution in [0.1, 0.15) is 64.9 Å². The Labute approximate surface area is 204 Å². The van der Waals surface area contributed by atoms with Gasteiger partial charge in [0.05, 0.1) is 19.1 Å². The van der Waals surface area contributed by atoms with Crippen LogP contribution in [-0.2, 0) is 4.79 Å². The maximum Gasteiger partial charge on any atom is 0.254 e. The van der Waals surface area contributed by atoms with Gasteiger partial charge in [0, 0.05) is 28.7 Å². The van der Waals surface area contributed by atoms with E-state index in [1.165, 1.54) is 19.3 Å². The van der Waals surface area contributed by atoms with E-state index in [2.05, 4.69) is 11.4 Å². The normalized spacial score (nSPS) is 20.6. The van der Waals surface area contributed by atoms with Crippen LogP contribution < -0.4 is 10.1 Å². The number of amides is 2. The largest absolute Gasteiger partial charge is 0.497 e. The summed E-state index contributed by atoms with van der Waals surface area (Å²) in [6.07, 6.45) is 5.99. The molecule has 1 aromatic heterocycles. The Morgan fingerprint density at radius 3 is 2.65 bits per heavy atom. The molecule has 176 valence electrons. The van der Waals surface area contributed by atoms with Crippen LogP contribution in [0, 0.1) is 5.92 Å². The second-order valence-corrected chi connectivity index (χ2v) is 10.2. The zero-order chi connectivity index (χ0) is 23.5. The first-order chi connectivity index (χ1) is 16.7. The van der Waals surface area contributed by atoms with E-state index in [0.29, 0.717) is 29.5 Å². The van der Waals surface area contributed by atoms with Gasteiger partial charge in [-0.1, -0.05) is 49.6 Å². The molecule has 2 atom stereocenters. The van der Waals surface area contributed by atoms with Crippen LogP contribution in [0.15, 0.2) is 66.0 Å². The highest BCUT2D eigenvalue weighted by atomic mass is 32.1. The van der Waals surface area contributed by atoms with Gasteiger partial charge in [0.1, 0.15) is 5.75 Å². The molecule has 1 fully saturated rings. The number of thiophene rings is 1. The van der Waals surface area contributed by atoms with Crippen LogP contribution in [0.25, 0.3) is 0 Å². The van der Waals surface area contributed by atoms with Crippen LogP contribution in [0.2, 0.25) is 0 Å². The monoisotopic (exact) mass is 474 g/mol. The van der Waals surface area contributed by atoms with Crippen molar-refractivity contribution < 1.29 is 14.3 Å². The van der Waals surface area contributed by atoms with Gasteiger partial charge in [0.2, 0.25) is 5.91 Å². The Kier molecular flexibility index (Phi) is 6.68. The molecule has 6 heteroatoms. The summed E-state index contributed by atoms with van der Waals surface area (Å²) < 4.78 is 5.33. The number of methoxy groups -OCH3 is 1. The van der Waals surface area contributed by atoms with E-state index in [-0.39, 0.29) is 17.9 Å². The van der Waals surface area contributed by atoms with Crippen molar-refractivity contribution in [2.45, 2.75) is 44.1 Å². The highest BCUT2D eigenvalue weighted by Gasteiger charge is 2.45. The molecule has 1 aliphatic carbocycles. The molecule has 0 radical (unpaired) electrons. The number of nitrogens with zero attached hydrogens (tertiary/aromatic N) is 1. The minimum absolute atomic E-state index is 0.0324. The molecule has 0 bridgehead atoms. The van der Waals surface area contributed by atoms with Crippen molar-refractivity contribution in [1.29, 1.82) is 0 Å². The quantitative estimate of drug-likeness (QED) is 0.459. The molecule has 5 nitrogen and oxygen atoms in total. The molecule has 2 aliphatic rings. The van der Waals surface area contributed by atoms with Crippen LogP contribution in [0.5, 0.6) is 5.75 Å². The first kappa shape index (κ1) is 22.7. The number of nitrogens with one attached hydrogen (secondary N) is 1. The third kappa shape index (κ3) is 4.47. The minimum Gasteiger partial charge on any atom is -0.497 e. The van der Waals surface area contributed by atoms with Gasteiger partial charge in [0.15, 0.2) is 0 Å². The van der Waals surface area contributed by atoms with E-state index in [4.69, 9.17) is 4.74 Å². The molecule has 2 aromatic carbocycles. The molecule has 2 unspecified atom stereocenters. The molecule has 1 saturated carbocycles. The van der Waals surface area contributed by atoms with E-state index < -0.39 is 5.92 Å². The summed E-state index contributed by atoms with van der Waals surface area (Å²) in [5.41, 5.74) is 2.12. The molecule has 1 aliphatic heterocycles. The van der Waals surface area contributed by atoms with Gasteiger partial charge in [-0.2, -0.15) is 0 Å². The Hall–Kier alpha value is -3.12. The number of benzene rings is 2. The van der Waals surface area contributed by atoms with Crippen LogP contribution in [0.3, 0.4) is 0 Å². The number of rotatable bonds is 6. The average molecular weight is 475 g/mol. The van der Waals surface area contributed by atoms with E-state index in [1.54, 1.807) is 18.4 Å². The Bertz CT molecular complexity index is 1150. The van der Waals surface area contributed by atoms with Gasteiger partial charge in [-0.25, -0.2) is 0 Å². The summed E-state index contributed by atoms with van der Waals surface area (Å²) >= 11 is 1.61. The van der Waals surface area contributed by atoms with Gasteiger partial charge in [-0.3, -0.25) is 9.59 Å². The van der Waals surface area contributed by atoms with Crippen molar-refractivity contribution >= 4 is 28.8 Å². The highest BCUT2D eigenvalue weighted by Crippen LogP contribution is 2.45. The van der Waals surface area contributed by atoms with Gasteiger partial charge in [-0.05, 0) is 54.0 Å². The minimum atomic E-state index is -0.498. The van der Waals surface area contributed by atoms with Gasteiger partial charge >= 0.3 is 0 Å². The van der Waals surface area contributed by atoms with Crippen LogP contribution in [-0.4, -0.2) is 30.4 Å². The van der Waals surface area contributed by atoms with E-state index in [9.17, 15) is 9.59 Å². The Balaban J connectivity index is 1.55. The molecule has 34 heavy (non-hydrogen) atoms. The average Bonchev–Trinajstić information content (AvgIpc) is 3.41. The number of anilines is 1. The van der Waals surface area contributed by atoms with Gasteiger partial charge in [0.25, 0.3) is 5.91 Å². The number of carbonyl (C=O) groups excluding carboxylic acids is 2. The molecule has 1 N–H and O–H groups in total. The third-order valence-electron chi connectivity index (χ3n) is 7.07. The van der Waals surface area contributed by atoms with Crippen molar-refractivity contribution in [3.63, 3.8) is 0 Å². The maximum absolute atomic E-state index is 13.9. The lowest BCUT2D eigenvalue weighted by Gasteiger charge is -2.43. The van der Waals surface area contributed by atoms with Crippen molar-refractivity contribution in [1.82, 2.24) is 4.90 Å². The summed E-state index contributed by atoms with van der Waals surface area (Å²) in [7, 11) is 1.61. The number of fused-ring (bicyclic) bond motifs is 1. The first-order valence-corrected chi connectivity index (χ1v) is 12.9. The van der Waals surface area contributed by atoms with E-state index >= 15 is 0 Å². The summed E-state index contributed by atoms with van der Waals surface area (Å²) in [6.45, 7) is 0.693. The number of ether oxygens (including phenoxy) is 1. The molecule has 0 spiro atoms. The number of hydrogen-bond donors (Lipinski definition) is 1. The lowest BCUT2D eigenvalue weighted by atomic mass is 9.80. The van der Waals surface area contributed by atoms with Crippen molar-refractivity contribution in [3.05, 3.63) is 82.0 Å². The smallest absolute Gasteiger partial charge is 0.254 e. The SMILES string of the molecule is COc1cccc(NC(=O)C2c3ccccc3C(=O)N(CC3CCCCC3)C2c2cccs2)c1. The van der Waals surface area contributed by atoms with Crippen molar-refractivity contribution in [2.24, 2.45) is 5.92 Å². The first-order valence-electron chi connectivity index (χ1n) is 12.0. The van der Waals surface area contributed by atoms with Crippen molar-refractivity contribution in [3.8, 4) is 5.75 Å². The molecule has 0 saturated heterocycles. The fourth-order valence-corrected chi connectivity index (χ4v) is 6.30. The van der Waals surface area contributed by atoms with Crippen LogP contribution in [0.4, 0.5) is 5.69 Å². The number of carbonyl (C=O) groups is 2. The van der Waals surface area contributed by atoms with E-state index in [0.717, 1.165) is 23.3 Å². The van der Waals surface area contributed by atoms with Gasteiger partial charge in [-0.15, -0.1) is 11.3 Å². The van der Waals surface area contributed by atoms with Crippen molar-refractivity contribution in [2.75, 3.05) is 19.0 Å². The Morgan fingerprint density at radius 2 is 1.88 bits per heavy atom. The summed E-state index contributed by atoms with van der Waals surface area (Å²) in [4.78, 5) is 30.7. The maximum atomic E-state index is 13.9. The highest BCUT2D eigenvalue weighted by molar-refractivity contribution is 7.10. The molecular formula is C28H30N2O3S. The molecule has 2 amide bonds. The lowest BCUT2D eigenvalue weighted by Crippen LogP contribution is -2.47. The van der Waals surface area contributed by atoms with Gasteiger partial charge < -0.3 is 15.0 Å². The molecule has 2 heterocycles. The molecule has 3 aromatic rings. The summed E-state index contributed by atoms with van der Waals surface area (Å²) in [6, 6.07) is 18.7. The second-order valence-electron chi connectivity index (χ2n) is 9.21. The van der Waals surface area contributed by atoms with E-state index in [1.807, 2.05) is 64.9 Å². The topological polar surface area (TPSA) is 58.6 Å². The predicted molar refractivity (Wildman–Crippen MR) is 135 cm³/mol. The lowest BCUT2D eigenvalue weighted by molar-refractivity contribution is -0.119. The summed E-state index contributed by atoms with van der Waals surface area (Å²) in [5, 5.41) is 5.13. The summed E-state index contributed by atoms with van der Waals surface area (Å²) in [5.74, 6) is 0.589. The van der Waals surface area contributed by atoms with Crippen LogP contribution >= 0.6 is 11.3 Å². The standard InChI is InChI=1S/C28H30N2O3S/c1-33-21-12-7-11-20(17-21)29-27(31)25-22-13-5-6-14-23(22)28(32)30(18-19-9-3-2-4-10-19)26(25)24-15-8-16-34-24/h5-8,11-17,19,25-26H,2-4,9-10,18H2,1H3,(H,29,31). The second kappa shape index (κ2) is 10.0. The Morgan fingerprint density at radius 1 is 1.06 bits per heavy atom.